The fraction of sp³-hybridized carbons (Fsp3) is 0.385. The number of carbonyl (C=O) groups is 1. The Kier molecular flexibility index (Phi) is 5.54. The van der Waals surface area contributed by atoms with E-state index in [-0.39, 0.29) is 16.6 Å². The van der Waals surface area contributed by atoms with Gasteiger partial charge in [-0.1, -0.05) is 32.1 Å². The number of nitrogens with two attached hydrogens (primary N) is 1. The summed E-state index contributed by atoms with van der Waals surface area (Å²) in [5.41, 5.74) is 4.70. The number of rotatable bonds is 4. The maximum Gasteiger partial charge on any atom is 0.416 e. The van der Waals surface area contributed by atoms with Crippen molar-refractivity contribution in [3.05, 3.63) is 29.8 Å². The lowest BCUT2D eigenvalue weighted by molar-refractivity contribution is -0.137. The van der Waals surface area contributed by atoms with Crippen molar-refractivity contribution in [1.29, 1.82) is 0 Å². The van der Waals surface area contributed by atoms with Gasteiger partial charge in [0.1, 0.15) is 0 Å². The third-order valence-electron chi connectivity index (χ3n) is 2.71. The monoisotopic (exact) mass is 319 g/mol. The van der Waals surface area contributed by atoms with Gasteiger partial charge in [0.25, 0.3) is 0 Å². The van der Waals surface area contributed by atoms with Gasteiger partial charge in [-0.05, 0) is 24.1 Å². The predicted molar refractivity (Wildman–Crippen MR) is 79.0 cm³/mol. The van der Waals surface area contributed by atoms with Crippen molar-refractivity contribution in [3.63, 3.8) is 0 Å². The fourth-order valence-electron chi connectivity index (χ4n) is 1.65. The van der Waals surface area contributed by atoms with E-state index in [1.54, 1.807) is 0 Å². The number of hydrogen-bond acceptors (Lipinski definition) is 2. The van der Waals surface area contributed by atoms with Crippen molar-refractivity contribution in [3.8, 4) is 0 Å². The molecule has 21 heavy (non-hydrogen) atoms. The van der Waals surface area contributed by atoms with Crippen molar-refractivity contribution in [2.75, 3.05) is 5.32 Å². The second-order valence-corrected chi connectivity index (χ2v) is 5.27. The fourth-order valence-corrected chi connectivity index (χ4v) is 1.98. The molecule has 1 rings (SSSR count). The third kappa shape index (κ3) is 5.22. The molecule has 0 fully saturated rings. The van der Waals surface area contributed by atoms with E-state index in [4.69, 9.17) is 18.0 Å². The van der Waals surface area contributed by atoms with Gasteiger partial charge in [0, 0.05) is 5.69 Å². The molecule has 8 heteroatoms. The Balaban J connectivity index is 2.77. The smallest absolute Gasteiger partial charge is 0.392 e. The lowest BCUT2D eigenvalue weighted by Crippen LogP contribution is -2.48. The molecule has 0 saturated carbocycles. The zero-order chi connectivity index (χ0) is 16.2. The van der Waals surface area contributed by atoms with E-state index in [0.717, 1.165) is 12.1 Å². The van der Waals surface area contributed by atoms with Crippen LogP contribution in [0.25, 0.3) is 0 Å². The summed E-state index contributed by atoms with van der Waals surface area (Å²) in [5, 5.41) is 4.85. The number of hydrogen-bond donors (Lipinski definition) is 3. The van der Waals surface area contributed by atoms with Gasteiger partial charge in [-0.3, -0.25) is 0 Å². The maximum atomic E-state index is 12.6. The minimum Gasteiger partial charge on any atom is -0.392 e. The Morgan fingerprint density at radius 1 is 1.33 bits per heavy atom. The third-order valence-corrected chi connectivity index (χ3v) is 2.96. The van der Waals surface area contributed by atoms with Gasteiger partial charge >= 0.3 is 12.2 Å². The molecule has 0 aliphatic rings. The van der Waals surface area contributed by atoms with Crippen LogP contribution in [0.3, 0.4) is 0 Å². The quantitative estimate of drug-likeness (QED) is 0.747. The number of urea groups is 1. The van der Waals surface area contributed by atoms with Crippen LogP contribution in [-0.2, 0) is 6.18 Å². The Hall–Kier alpha value is -1.83. The Morgan fingerprint density at radius 3 is 2.43 bits per heavy atom. The average Bonchev–Trinajstić information content (AvgIpc) is 2.34. The number of thiocarbonyl (C=S) groups is 1. The summed E-state index contributed by atoms with van der Waals surface area (Å²) in [4.78, 5) is 11.9. The van der Waals surface area contributed by atoms with Crippen LogP contribution in [0.15, 0.2) is 24.3 Å². The molecule has 2 amide bonds. The highest BCUT2D eigenvalue weighted by Gasteiger charge is 2.30. The minimum absolute atomic E-state index is 0.0326. The first kappa shape index (κ1) is 17.2. The molecule has 1 unspecified atom stereocenters. The molecule has 0 aliphatic carbocycles. The van der Waals surface area contributed by atoms with Crippen LogP contribution in [0.5, 0.6) is 0 Å². The van der Waals surface area contributed by atoms with E-state index in [1.807, 2.05) is 13.8 Å². The van der Waals surface area contributed by atoms with Gasteiger partial charge in [-0.15, -0.1) is 0 Å². The van der Waals surface area contributed by atoms with Crippen molar-refractivity contribution in [2.24, 2.45) is 11.7 Å². The first-order valence-electron chi connectivity index (χ1n) is 6.15. The number of carbonyl (C=O) groups excluding carboxylic acids is 1. The molecule has 1 aromatic rings. The number of anilines is 1. The van der Waals surface area contributed by atoms with Gasteiger partial charge in [0.05, 0.1) is 16.6 Å². The van der Waals surface area contributed by atoms with E-state index in [9.17, 15) is 18.0 Å². The molecule has 1 aromatic carbocycles. The van der Waals surface area contributed by atoms with Crippen molar-refractivity contribution in [2.45, 2.75) is 26.1 Å². The second-order valence-electron chi connectivity index (χ2n) is 4.80. The summed E-state index contributed by atoms with van der Waals surface area (Å²) in [6.45, 7) is 3.63. The molecule has 0 radical (unpaired) electrons. The molecule has 0 saturated heterocycles. The Morgan fingerprint density at radius 2 is 1.95 bits per heavy atom. The first-order chi connectivity index (χ1) is 9.61. The van der Waals surface area contributed by atoms with Crippen LogP contribution in [0.4, 0.5) is 23.7 Å². The van der Waals surface area contributed by atoms with Crippen LogP contribution in [0, 0.1) is 5.92 Å². The van der Waals surface area contributed by atoms with E-state index >= 15 is 0 Å². The molecule has 1 atom stereocenters. The molecular weight excluding hydrogens is 303 g/mol. The SMILES string of the molecule is CC(C)C(NC(=O)Nc1cccc(C(F)(F)F)c1)C(N)=S. The van der Waals surface area contributed by atoms with E-state index in [2.05, 4.69) is 10.6 Å². The number of amides is 2. The van der Waals surface area contributed by atoms with Gasteiger partial charge < -0.3 is 16.4 Å². The highest BCUT2D eigenvalue weighted by atomic mass is 32.1. The van der Waals surface area contributed by atoms with Gasteiger partial charge in [0.15, 0.2) is 0 Å². The molecule has 116 valence electrons. The average molecular weight is 319 g/mol. The molecule has 0 spiro atoms. The summed E-state index contributed by atoms with van der Waals surface area (Å²) < 4.78 is 37.7. The second kappa shape index (κ2) is 6.75. The molecule has 0 bridgehead atoms. The number of halogens is 3. The summed E-state index contributed by atoms with van der Waals surface area (Å²) in [6, 6.07) is 3.15. The number of benzene rings is 1. The standard InChI is InChI=1S/C13H16F3N3OS/c1-7(2)10(11(17)21)19-12(20)18-9-5-3-4-8(6-9)13(14,15)16/h3-7,10H,1-2H3,(H2,17,21)(H2,18,19,20). The molecule has 0 aliphatic heterocycles. The summed E-state index contributed by atoms with van der Waals surface area (Å²) in [7, 11) is 0. The zero-order valence-electron chi connectivity index (χ0n) is 11.5. The molecular formula is C13H16F3N3OS. The summed E-state index contributed by atoms with van der Waals surface area (Å²) >= 11 is 4.83. The molecule has 4 N–H and O–H groups in total. The number of alkyl halides is 3. The molecule has 4 nitrogen and oxygen atoms in total. The Labute approximate surface area is 125 Å². The van der Waals surface area contributed by atoms with E-state index in [0.29, 0.717) is 0 Å². The topological polar surface area (TPSA) is 67.2 Å². The van der Waals surface area contributed by atoms with Crippen LogP contribution in [-0.4, -0.2) is 17.1 Å². The first-order valence-corrected chi connectivity index (χ1v) is 6.56. The highest BCUT2D eigenvalue weighted by molar-refractivity contribution is 7.80. The zero-order valence-corrected chi connectivity index (χ0v) is 12.3. The summed E-state index contributed by atoms with van der Waals surface area (Å²) in [6.07, 6.45) is -4.46. The van der Waals surface area contributed by atoms with Crippen LogP contribution < -0.4 is 16.4 Å². The highest BCUT2D eigenvalue weighted by Crippen LogP contribution is 2.30. The van der Waals surface area contributed by atoms with Gasteiger partial charge in [-0.2, -0.15) is 13.2 Å². The van der Waals surface area contributed by atoms with E-state index in [1.165, 1.54) is 12.1 Å². The van der Waals surface area contributed by atoms with Crippen LogP contribution in [0.2, 0.25) is 0 Å². The van der Waals surface area contributed by atoms with Crippen LogP contribution in [0.1, 0.15) is 19.4 Å². The lowest BCUT2D eigenvalue weighted by atomic mass is 10.1. The normalized spacial score (nSPS) is 12.9. The molecule has 0 heterocycles. The van der Waals surface area contributed by atoms with Crippen molar-refractivity contribution in [1.82, 2.24) is 5.32 Å². The van der Waals surface area contributed by atoms with Gasteiger partial charge in [0.2, 0.25) is 0 Å². The summed E-state index contributed by atoms with van der Waals surface area (Å²) in [5.74, 6) is -0.0326. The Bertz CT molecular complexity index is 532. The van der Waals surface area contributed by atoms with Gasteiger partial charge in [-0.25, -0.2) is 4.79 Å². The van der Waals surface area contributed by atoms with Crippen molar-refractivity contribution >= 4 is 28.9 Å². The number of nitrogens with one attached hydrogen (secondary N) is 2. The largest absolute Gasteiger partial charge is 0.416 e. The predicted octanol–water partition coefficient (Wildman–Crippen LogP) is 3.14. The maximum absolute atomic E-state index is 12.6. The minimum atomic E-state index is -4.46. The van der Waals surface area contributed by atoms with Crippen LogP contribution >= 0.6 is 12.2 Å². The van der Waals surface area contributed by atoms with Crippen molar-refractivity contribution < 1.29 is 18.0 Å². The molecule has 0 aromatic heterocycles. The van der Waals surface area contributed by atoms with E-state index < -0.39 is 23.8 Å². The lowest BCUT2D eigenvalue weighted by Gasteiger charge is -2.21.